The molecule has 4 aromatic rings. The number of thioether (sulfide) groups is 1. The lowest BCUT2D eigenvalue weighted by Gasteiger charge is -2.35. The van der Waals surface area contributed by atoms with Gasteiger partial charge in [-0.2, -0.15) is 0 Å². The number of fused-ring (bicyclic) bond motifs is 4. The van der Waals surface area contributed by atoms with Crippen LogP contribution >= 0.6 is 11.8 Å². The van der Waals surface area contributed by atoms with E-state index >= 15 is 0 Å². The normalized spacial score (nSPS) is 17.2. The lowest BCUT2D eigenvalue weighted by atomic mass is 9.86. The Labute approximate surface area is 161 Å². The molecule has 0 spiro atoms. The number of hydrogen-bond acceptors (Lipinski definition) is 5. The molecule has 6 heteroatoms. The van der Waals surface area contributed by atoms with E-state index < -0.39 is 0 Å². The molecule has 2 aromatic carbocycles. The Hall–Kier alpha value is -2.86. The van der Waals surface area contributed by atoms with Gasteiger partial charge in [0.15, 0.2) is 5.65 Å². The van der Waals surface area contributed by atoms with Crippen molar-refractivity contribution >= 4 is 39.5 Å². The fourth-order valence-corrected chi connectivity index (χ4v) is 4.29. The van der Waals surface area contributed by atoms with Crippen molar-refractivity contribution in [3.05, 3.63) is 65.1 Å². The van der Waals surface area contributed by atoms with Crippen molar-refractivity contribution in [3.8, 4) is 0 Å². The first kappa shape index (κ1) is 16.3. The first-order chi connectivity index (χ1) is 13.1. The Kier molecular flexibility index (Phi) is 3.68. The zero-order valence-corrected chi connectivity index (χ0v) is 16.0. The second kappa shape index (κ2) is 6.09. The van der Waals surface area contributed by atoms with Gasteiger partial charge in [0.1, 0.15) is 5.52 Å². The number of nitrogens with zero attached hydrogens (tertiary/aromatic N) is 3. The van der Waals surface area contributed by atoms with Crippen molar-refractivity contribution in [1.29, 1.82) is 0 Å². The zero-order valence-electron chi connectivity index (χ0n) is 15.2. The minimum Gasteiger partial charge on any atom is -0.379 e. The van der Waals surface area contributed by atoms with Crippen LogP contribution in [0.3, 0.4) is 0 Å². The molecule has 0 bridgehead atoms. The van der Waals surface area contributed by atoms with Crippen LogP contribution in [0.1, 0.15) is 25.0 Å². The molecule has 5 nitrogen and oxygen atoms in total. The van der Waals surface area contributed by atoms with Crippen molar-refractivity contribution in [3.63, 3.8) is 0 Å². The Morgan fingerprint density at radius 1 is 1.04 bits per heavy atom. The number of benzene rings is 2. The molecule has 0 radical (unpaired) electrons. The Morgan fingerprint density at radius 3 is 2.78 bits per heavy atom. The molecular formula is C21H19N5S. The fourth-order valence-electron chi connectivity index (χ4n) is 3.65. The maximum Gasteiger partial charge on any atom is 0.215 e. The van der Waals surface area contributed by atoms with Gasteiger partial charge in [0.05, 0.1) is 0 Å². The molecule has 0 fully saturated rings. The molecule has 3 heterocycles. The number of rotatable bonds is 2. The van der Waals surface area contributed by atoms with Crippen molar-refractivity contribution in [2.24, 2.45) is 0 Å². The van der Waals surface area contributed by atoms with Crippen molar-refractivity contribution in [1.82, 2.24) is 25.5 Å². The quantitative estimate of drug-likeness (QED) is 0.506. The van der Waals surface area contributed by atoms with Gasteiger partial charge in [0.2, 0.25) is 5.16 Å². The summed E-state index contributed by atoms with van der Waals surface area (Å²) in [4.78, 5) is 7.97. The summed E-state index contributed by atoms with van der Waals surface area (Å²) in [5, 5.41) is 16.1. The first-order valence-electron chi connectivity index (χ1n) is 8.93. The molecule has 27 heavy (non-hydrogen) atoms. The third kappa shape index (κ3) is 2.96. The van der Waals surface area contributed by atoms with Gasteiger partial charge in [-0.3, -0.25) is 0 Å². The average molecular weight is 373 g/mol. The van der Waals surface area contributed by atoms with Gasteiger partial charge in [-0.05, 0) is 31.9 Å². The zero-order chi connectivity index (χ0) is 18.4. The van der Waals surface area contributed by atoms with Gasteiger partial charge in [0, 0.05) is 33.1 Å². The van der Waals surface area contributed by atoms with Crippen LogP contribution in [0.4, 0.5) is 0 Å². The molecule has 2 N–H and O–H groups in total. The molecule has 0 saturated carbocycles. The van der Waals surface area contributed by atoms with Crippen LogP contribution in [0.2, 0.25) is 0 Å². The minimum absolute atomic E-state index is 0.0149. The van der Waals surface area contributed by atoms with Crippen LogP contribution in [0, 0.1) is 0 Å². The van der Waals surface area contributed by atoms with Crippen molar-refractivity contribution < 1.29 is 0 Å². The van der Waals surface area contributed by atoms with E-state index in [4.69, 9.17) is 0 Å². The molecule has 0 atom stereocenters. The largest absolute Gasteiger partial charge is 0.379 e. The lowest BCUT2D eigenvalue weighted by Crippen LogP contribution is -2.43. The number of hydrogen-bond donors (Lipinski definition) is 2. The Morgan fingerprint density at radius 2 is 1.85 bits per heavy atom. The van der Waals surface area contributed by atoms with E-state index in [1.165, 1.54) is 22.9 Å². The van der Waals surface area contributed by atoms with E-state index in [9.17, 15) is 0 Å². The number of H-pyrrole nitrogens is 1. The number of nitrogens with one attached hydrogen (secondary N) is 2. The molecule has 1 aliphatic rings. The Balaban J connectivity index is 1.51. The summed E-state index contributed by atoms with van der Waals surface area (Å²) >= 11 is 1.49. The SMILES string of the molecule is CC1(C)Cc2ccccc2C(=CSc2nnc3c(n2)[nH]c2ccccc23)N1. The molecule has 0 unspecified atom stereocenters. The monoisotopic (exact) mass is 373 g/mol. The highest BCUT2D eigenvalue weighted by atomic mass is 32.2. The highest BCUT2D eigenvalue weighted by molar-refractivity contribution is 8.02. The maximum atomic E-state index is 4.65. The molecule has 0 amide bonds. The van der Waals surface area contributed by atoms with Gasteiger partial charge in [-0.15, -0.1) is 10.2 Å². The molecule has 5 rings (SSSR count). The summed E-state index contributed by atoms with van der Waals surface area (Å²) in [6.07, 6.45) is 1.00. The molecule has 134 valence electrons. The number of aromatic nitrogens is 4. The third-order valence-electron chi connectivity index (χ3n) is 4.80. The third-order valence-corrected chi connectivity index (χ3v) is 5.54. The van der Waals surface area contributed by atoms with Gasteiger partial charge in [-0.1, -0.05) is 54.2 Å². The van der Waals surface area contributed by atoms with Crippen molar-refractivity contribution in [2.45, 2.75) is 31.0 Å². The number of aromatic amines is 1. The molecule has 0 aliphatic carbocycles. The summed E-state index contributed by atoms with van der Waals surface area (Å²) in [6.45, 7) is 4.44. The molecule has 1 aliphatic heterocycles. The predicted molar refractivity (Wildman–Crippen MR) is 110 cm³/mol. The summed E-state index contributed by atoms with van der Waals surface area (Å²) in [7, 11) is 0. The standard InChI is InChI=1S/C21H19N5S/c1-21(2)11-13-7-3-4-8-14(13)17(24-21)12-27-20-23-19-18(25-26-20)15-9-5-6-10-16(15)22-19/h3-10,12,24H,11H2,1-2H3,(H,22,23,26). The van der Waals surface area contributed by atoms with Gasteiger partial charge >= 0.3 is 0 Å². The number of para-hydroxylation sites is 1. The van der Waals surface area contributed by atoms with E-state index in [0.717, 1.165) is 34.2 Å². The maximum absolute atomic E-state index is 4.65. The minimum atomic E-state index is 0.0149. The van der Waals surface area contributed by atoms with Crippen molar-refractivity contribution in [2.75, 3.05) is 0 Å². The van der Waals surface area contributed by atoms with E-state index in [1.54, 1.807) is 0 Å². The summed E-state index contributed by atoms with van der Waals surface area (Å²) in [5.74, 6) is 0. The first-order valence-corrected chi connectivity index (χ1v) is 9.81. The van der Waals surface area contributed by atoms with Crippen LogP contribution < -0.4 is 5.32 Å². The molecular weight excluding hydrogens is 354 g/mol. The van der Waals surface area contributed by atoms with E-state index in [1.807, 2.05) is 24.3 Å². The highest BCUT2D eigenvalue weighted by Gasteiger charge is 2.27. The van der Waals surface area contributed by atoms with Crippen LogP contribution in [0.25, 0.3) is 27.8 Å². The Bertz CT molecular complexity index is 1190. The molecule has 0 saturated heterocycles. The van der Waals surface area contributed by atoms with Gasteiger partial charge in [-0.25, -0.2) is 4.98 Å². The summed E-state index contributed by atoms with van der Waals surface area (Å²) in [5.41, 5.74) is 6.32. The predicted octanol–water partition coefficient (Wildman–Crippen LogP) is 4.52. The second-order valence-electron chi connectivity index (χ2n) is 7.45. The summed E-state index contributed by atoms with van der Waals surface area (Å²) in [6, 6.07) is 16.6. The second-order valence-corrected chi connectivity index (χ2v) is 8.29. The highest BCUT2D eigenvalue weighted by Crippen LogP contribution is 2.32. The lowest BCUT2D eigenvalue weighted by molar-refractivity contribution is 0.437. The smallest absolute Gasteiger partial charge is 0.215 e. The van der Waals surface area contributed by atoms with E-state index in [-0.39, 0.29) is 5.54 Å². The van der Waals surface area contributed by atoms with Crippen LogP contribution in [0.15, 0.2) is 59.1 Å². The topological polar surface area (TPSA) is 66.5 Å². The van der Waals surface area contributed by atoms with E-state index in [2.05, 4.69) is 69.0 Å². The van der Waals surface area contributed by atoms with Gasteiger partial charge in [0.25, 0.3) is 0 Å². The van der Waals surface area contributed by atoms with Gasteiger partial charge < -0.3 is 10.3 Å². The van der Waals surface area contributed by atoms with Crippen LogP contribution in [0.5, 0.6) is 0 Å². The van der Waals surface area contributed by atoms with Crippen LogP contribution in [-0.2, 0) is 6.42 Å². The fraction of sp³-hybridized carbons (Fsp3) is 0.190. The van der Waals surface area contributed by atoms with Crippen LogP contribution in [-0.4, -0.2) is 25.7 Å². The van der Waals surface area contributed by atoms with E-state index in [0.29, 0.717) is 5.16 Å². The summed E-state index contributed by atoms with van der Waals surface area (Å²) < 4.78 is 0. The average Bonchev–Trinajstić information content (AvgIpc) is 3.03. The molecule has 2 aromatic heterocycles.